The number of carbonyl (C=O) groups is 1. The zero-order chi connectivity index (χ0) is 15.1. The van der Waals surface area contributed by atoms with Gasteiger partial charge in [-0.1, -0.05) is 30.4 Å². The van der Waals surface area contributed by atoms with E-state index in [9.17, 15) is 4.79 Å². The summed E-state index contributed by atoms with van der Waals surface area (Å²) in [7, 11) is 1.87. The van der Waals surface area contributed by atoms with Gasteiger partial charge in [-0.3, -0.25) is 4.79 Å². The van der Waals surface area contributed by atoms with E-state index in [4.69, 9.17) is 5.11 Å². The molecule has 0 heterocycles. The van der Waals surface area contributed by atoms with Crippen LogP contribution in [-0.4, -0.2) is 29.6 Å². The number of rotatable bonds is 5. The van der Waals surface area contributed by atoms with E-state index in [2.05, 4.69) is 11.8 Å². The van der Waals surface area contributed by atoms with E-state index in [0.29, 0.717) is 25.3 Å². The number of benzene rings is 1. The summed E-state index contributed by atoms with van der Waals surface area (Å²) in [5.41, 5.74) is 2.06. The molecule has 21 heavy (non-hydrogen) atoms. The summed E-state index contributed by atoms with van der Waals surface area (Å²) in [6.45, 7) is 0.745. The smallest absolute Gasteiger partial charge is 0.222 e. The van der Waals surface area contributed by atoms with Crippen molar-refractivity contribution < 1.29 is 9.90 Å². The number of hydrogen-bond acceptors (Lipinski definition) is 2. The van der Waals surface area contributed by atoms with E-state index in [-0.39, 0.29) is 12.5 Å². The van der Waals surface area contributed by atoms with Crippen molar-refractivity contribution in [3.8, 4) is 11.8 Å². The third kappa shape index (κ3) is 4.91. The number of carbonyl (C=O) groups excluding carboxylic acids is 1. The second-order valence-corrected chi connectivity index (χ2v) is 5.72. The Hall–Kier alpha value is -1.79. The molecule has 3 nitrogen and oxygen atoms in total. The Morgan fingerprint density at radius 1 is 1.33 bits per heavy atom. The first kappa shape index (κ1) is 15.6. The molecule has 1 aliphatic carbocycles. The fraction of sp³-hybridized carbons (Fsp3) is 0.500. The minimum atomic E-state index is 0.0962. The van der Waals surface area contributed by atoms with Crippen molar-refractivity contribution in [3.05, 3.63) is 35.4 Å². The molecule has 112 valence electrons. The largest absolute Gasteiger partial charge is 0.395 e. The van der Waals surface area contributed by atoms with Crippen molar-refractivity contribution >= 4 is 5.91 Å². The van der Waals surface area contributed by atoms with Gasteiger partial charge in [0.2, 0.25) is 5.91 Å². The van der Waals surface area contributed by atoms with Gasteiger partial charge in [0.05, 0.1) is 6.61 Å². The molecule has 1 N–H and O–H groups in total. The van der Waals surface area contributed by atoms with Crippen LogP contribution in [-0.2, 0) is 11.3 Å². The van der Waals surface area contributed by atoms with Crippen LogP contribution in [0.25, 0.3) is 0 Å². The zero-order valence-corrected chi connectivity index (χ0v) is 12.6. The zero-order valence-electron chi connectivity index (χ0n) is 12.6. The molecular formula is C18H23NO2. The average Bonchev–Trinajstić information content (AvgIpc) is 2.44. The maximum absolute atomic E-state index is 12.1. The second-order valence-electron chi connectivity index (χ2n) is 5.72. The summed E-state index contributed by atoms with van der Waals surface area (Å²) in [4.78, 5) is 13.9. The molecule has 1 aliphatic rings. The van der Waals surface area contributed by atoms with E-state index in [1.807, 2.05) is 36.2 Å². The first-order valence-corrected chi connectivity index (χ1v) is 7.61. The van der Waals surface area contributed by atoms with E-state index in [1.165, 1.54) is 19.3 Å². The molecule has 0 spiro atoms. The number of nitrogens with zero attached hydrogens (tertiary/aromatic N) is 1. The fourth-order valence-electron chi connectivity index (χ4n) is 2.38. The van der Waals surface area contributed by atoms with Crippen molar-refractivity contribution in [2.75, 3.05) is 13.7 Å². The topological polar surface area (TPSA) is 40.5 Å². The van der Waals surface area contributed by atoms with Crippen molar-refractivity contribution in [2.24, 2.45) is 5.92 Å². The Labute approximate surface area is 127 Å². The molecule has 1 fully saturated rings. The summed E-state index contributed by atoms with van der Waals surface area (Å²) in [5, 5.41) is 8.68. The summed E-state index contributed by atoms with van der Waals surface area (Å²) >= 11 is 0. The minimum absolute atomic E-state index is 0.0962. The van der Waals surface area contributed by atoms with Gasteiger partial charge in [-0.25, -0.2) is 0 Å². The molecule has 1 amide bonds. The van der Waals surface area contributed by atoms with Gasteiger partial charge in [0.15, 0.2) is 0 Å². The normalized spacial score (nSPS) is 14.0. The van der Waals surface area contributed by atoms with Crippen LogP contribution in [0, 0.1) is 17.8 Å². The van der Waals surface area contributed by atoms with Gasteiger partial charge in [0.25, 0.3) is 0 Å². The second kappa shape index (κ2) is 7.85. The highest BCUT2D eigenvalue weighted by Crippen LogP contribution is 2.29. The van der Waals surface area contributed by atoms with Crippen LogP contribution < -0.4 is 0 Å². The van der Waals surface area contributed by atoms with Gasteiger partial charge in [-0.2, -0.15) is 0 Å². The first-order chi connectivity index (χ1) is 10.2. The van der Waals surface area contributed by atoms with Crippen LogP contribution in [0.15, 0.2) is 24.3 Å². The molecule has 1 saturated carbocycles. The van der Waals surface area contributed by atoms with Crippen molar-refractivity contribution in [1.29, 1.82) is 0 Å². The minimum Gasteiger partial charge on any atom is -0.395 e. The lowest BCUT2D eigenvalue weighted by atomic mass is 9.83. The number of hydrogen-bond donors (Lipinski definition) is 1. The molecule has 1 aromatic rings. The predicted molar refractivity (Wildman–Crippen MR) is 83.5 cm³/mol. The van der Waals surface area contributed by atoms with Gasteiger partial charge in [0, 0.05) is 32.0 Å². The highest BCUT2D eigenvalue weighted by Gasteiger charge is 2.22. The number of aliphatic hydroxyl groups is 1. The Morgan fingerprint density at radius 3 is 2.62 bits per heavy atom. The van der Waals surface area contributed by atoms with Gasteiger partial charge in [-0.05, 0) is 36.5 Å². The quantitative estimate of drug-likeness (QED) is 0.845. The van der Waals surface area contributed by atoms with Gasteiger partial charge in [-0.15, -0.1) is 0 Å². The summed E-state index contributed by atoms with van der Waals surface area (Å²) in [6.07, 6.45) is 4.89. The maximum Gasteiger partial charge on any atom is 0.222 e. The molecule has 0 radical (unpaired) electrons. The predicted octanol–water partition coefficient (Wildman–Crippen LogP) is 2.57. The van der Waals surface area contributed by atoms with Crippen LogP contribution in [0.1, 0.15) is 43.2 Å². The van der Waals surface area contributed by atoms with Crippen molar-refractivity contribution in [1.82, 2.24) is 4.90 Å². The van der Waals surface area contributed by atoms with Gasteiger partial charge in [0.1, 0.15) is 0 Å². The van der Waals surface area contributed by atoms with Crippen molar-refractivity contribution in [3.63, 3.8) is 0 Å². The molecule has 3 heteroatoms. The Kier molecular flexibility index (Phi) is 5.83. The Balaban J connectivity index is 1.84. The van der Waals surface area contributed by atoms with Gasteiger partial charge >= 0.3 is 0 Å². The van der Waals surface area contributed by atoms with Crippen LogP contribution >= 0.6 is 0 Å². The monoisotopic (exact) mass is 285 g/mol. The fourth-order valence-corrected chi connectivity index (χ4v) is 2.38. The molecule has 0 bridgehead atoms. The molecule has 0 aliphatic heterocycles. The van der Waals surface area contributed by atoms with Crippen molar-refractivity contribution in [2.45, 2.75) is 38.6 Å². The van der Waals surface area contributed by atoms with Crippen LogP contribution in [0.5, 0.6) is 0 Å². The van der Waals surface area contributed by atoms with Crippen LogP contribution in [0.3, 0.4) is 0 Å². The third-order valence-electron chi connectivity index (χ3n) is 3.96. The summed E-state index contributed by atoms with van der Waals surface area (Å²) in [5.74, 6) is 6.76. The lowest BCUT2D eigenvalue weighted by Crippen LogP contribution is -2.29. The average molecular weight is 285 g/mol. The van der Waals surface area contributed by atoms with Crippen LogP contribution in [0.2, 0.25) is 0 Å². The molecule has 0 atom stereocenters. The Bertz CT molecular complexity index is 520. The highest BCUT2D eigenvalue weighted by molar-refractivity contribution is 5.76. The third-order valence-corrected chi connectivity index (χ3v) is 3.96. The summed E-state index contributed by atoms with van der Waals surface area (Å²) < 4.78 is 0. The summed E-state index contributed by atoms with van der Waals surface area (Å²) in [6, 6.07) is 7.94. The maximum atomic E-state index is 12.1. The number of aliphatic hydroxyl groups excluding tert-OH is 1. The van der Waals surface area contributed by atoms with E-state index in [0.717, 1.165) is 11.1 Å². The highest BCUT2D eigenvalue weighted by atomic mass is 16.2. The Morgan fingerprint density at radius 2 is 2.05 bits per heavy atom. The van der Waals surface area contributed by atoms with E-state index in [1.54, 1.807) is 0 Å². The SMILES string of the molecule is CN(Cc1ccc(C#CCCO)cc1)C(=O)CC1CCC1. The van der Waals surface area contributed by atoms with Gasteiger partial charge < -0.3 is 10.0 Å². The number of amides is 1. The first-order valence-electron chi connectivity index (χ1n) is 7.61. The molecule has 0 saturated heterocycles. The van der Waals surface area contributed by atoms with Crippen LogP contribution in [0.4, 0.5) is 0 Å². The van der Waals surface area contributed by atoms with E-state index >= 15 is 0 Å². The lowest BCUT2D eigenvalue weighted by molar-refractivity contribution is -0.132. The molecule has 0 unspecified atom stereocenters. The molecule has 2 rings (SSSR count). The lowest BCUT2D eigenvalue weighted by Gasteiger charge is -2.27. The standard InChI is InChI=1S/C18H23NO2/c1-19(18(21)13-16-6-4-7-16)14-17-10-8-15(9-11-17)5-2-3-12-20/h8-11,16,20H,3-4,6-7,12-14H2,1H3. The molecule has 1 aromatic carbocycles. The molecule has 0 aromatic heterocycles. The molecular weight excluding hydrogens is 262 g/mol. The van der Waals surface area contributed by atoms with E-state index < -0.39 is 0 Å².